The van der Waals surface area contributed by atoms with Crippen LogP contribution in [-0.4, -0.2) is 30.7 Å². The Labute approximate surface area is 123 Å². The van der Waals surface area contributed by atoms with Crippen LogP contribution in [0.4, 0.5) is 5.69 Å². The van der Waals surface area contributed by atoms with E-state index >= 15 is 0 Å². The van der Waals surface area contributed by atoms with Gasteiger partial charge in [0.15, 0.2) is 0 Å². The summed E-state index contributed by atoms with van der Waals surface area (Å²) in [7, 11) is 0. The van der Waals surface area contributed by atoms with Gasteiger partial charge in [-0.25, -0.2) is 0 Å². The number of carbonyl (C=O) groups excluding carboxylic acids is 2. The van der Waals surface area contributed by atoms with Crippen molar-refractivity contribution >= 4 is 29.3 Å². The van der Waals surface area contributed by atoms with Crippen LogP contribution in [0.25, 0.3) is 0 Å². The maximum atomic E-state index is 12.1. The highest BCUT2D eigenvalue weighted by Crippen LogP contribution is 2.28. The number of amides is 2. The number of rotatable bonds is 4. The normalized spacial score (nSPS) is 18.7. The maximum absolute atomic E-state index is 12.1. The summed E-state index contributed by atoms with van der Waals surface area (Å²) in [5, 5.41) is 2.88. The van der Waals surface area contributed by atoms with Gasteiger partial charge >= 0.3 is 0 Å². The molecular weight excluding hydrogens is 272 g/mol. The highest BCUT2D eigenvalue weighted by Gasteiger charge is 2.35. The van der Waals surface area contributed by atoms with E-state index in [2.05, 4.69) is 5.32 Å². The molecule has 2 rings (SSSR count). The molecule has 1 aromatic rings. The van der Waals surface area contributed by atoms with E-state index in [1.165, 1.54) is 0 Å². The van der Waals surface area contributed by atoms with Gasteiger partial charge in [-0.2, -0.15) is 0 Å². The molecule has 1 fully saturated rings. The fraction of sp³-hybridized carbons (Fsp3) is 0.467. The maximum Gasteiger partial charge on any atom is 0.227 e. The molecule has 0 bridgehead atoms. The van der Waals surface area contributed by atoms with Crippen molar-refractivity contribution in [3.63, 3.8) is 0 Å². The predicted octanol–water partition coefficient (Wildman–Crippen LogP) is 2.29. The first-order valence-corrected chi connectivity index (χ1v) is 7.98. The lowest BCUT2D eigenvalue weighted by Gasteiger charge is -2.18. The van der Waals surface area contributed by atoms with Crippen molar-refractivity contribution in [2.24, 2.45) is 5.92 Å². The van der Waals surface area contributed by atoms with Crippen LogP contribution in [0, 0.1) is 5.92 Å². The van der Waals surface area contributed by atoms with Crippen LogP contribution < -0.4 is 10.2 Å². The second-order valence-electron chi connectivity index (χ2n) is 5.27. The highest BCUT2D eigenvalue weighted by atomic mass is 32.2. The monoisotopic (exact) mass is 292 g/mol. The average molecular weight is 292 g/mol. The minimum atomic E-state index is -0.247. The third-order valence-electron chi connectivity index (χ3n) is 3.29. The molecule has 4 nitrogen and oxygen atoms in total. The lowest BCUT2D eigenvalue weighted by Crippen LogP contribution is -2.36. The Kier molecular flexibility index (Phi) is 4.70. The molecule has 1 aliphatic heterocycles. The van der Waals surface area contributed by atoms with Crippen LogP contribution in [0.5, 0.6) is 0 Å². The van der Waals surface area contributed by atoms with Gasteiger partial charge in [0, 0.05) is 29.6 Å². The Morgan fingerprint density at radius 3 is 2.85 bits per heavy atom. The summed E-state index contributed by atoms with van der Waals surface area (Å²) < 4.78 is 0. The van der Waals surface area contributed by atoms with Crippen molar-refractivity contribution < 1.29 is 9.59 Å². The van der Waals surface area contributed by atoms with E-state index in [0.717, 1.165) is 10.6 Å². The Bertz CT molecular complexity index is 516. The first-order valence-electron chi connectivity index (χ1n) is 6.76. The SMILES string of the molecule is CSc1cccc(N2C[C@H](C(=O)NC(C)C)CC2=O)c1. The van der Waals surface area contributed by atoms with Gasteiger partial charge in [0.05, 0.1) is 5.92 Å². The van der Waals surface area contributed by atoms with E-state index in [9.17, 15) is 9.59 Å². The Morgan fingerprint density at radius 2 is 2.20 bits per heavy atom. The molecule has 2 amide bonds. The molecule has 0 saturated carbocycles. The number of benzene rings is 1. The average Bonchev–Trinajstić information content (AvgIpc) is 2.80. The quantitative estimate of drug-likeness (QED) is 0.866. The van der Waals surface area contributed by atoms with Gasteiger partial charge in [-0.1, -0.05) is 6.07 Å². The van der Waals surface area contributed by atoms with Crippen LogP contribution in [0.1, 0.15) is 20.3 Å². The molecule has 20 heavy (non-hydrogen) atoms. The molecule has 1 atom stereocenters. The van der Waals surface area contributed by atoms with Gasteiger partial charge in [0.1, 0.15) is 0 Å². The fourth-order valence-corrected chi connectivity index (χ4v) is 2.77. The number of carbonyl (C=O) groups is 2. The molecular formula is C15H20N2O2S. The third kappa shape index (κ3) is 3.33. The first-order chi connectivity index (χ1) is 9.51. The fourth-order valence-electron chi connectivity index (χ4n) is 2.31. The summed E-state index contributed by atoms with van der Waals surface area (Å²) in [4.78, 5) is 26.9. The second kappa shape index (κ2) is 6.31. The van der Waals surface area contributed by atoms with Crippen LogP contribution in [-0.2, 0) is 9.59 Å². The summed E-state index contributed by atoms with van der Waals surface area (Å²) in [6.45, 7) is 4.32. The molecule has 0 aliphatic carbocycles. The molecule has 0 spiro atoms. The summed E-state index contributed by atoms with van der Waals surface area (Å²) in [5.74, 6) is -0.258. The summed E-state index contributed by atoms with van der Waals surface area (Å²) in [6, 6.07) is 7.96. The topological polar surface area (TPSA) is 49.4 Å². The third-order valence-corrected chi connectivity index (χ3v) is 4.02. The minimum absolute atomic E-state index is 0.0205. The minimum Gasteiger partial charge on any atom is -0.354 e. The highest BCUT2D eigenvalue weighted by molar-refractivity contribution is 7.98. The molecule has 1 aliphatic rings. The van der Waals surface area contributed by atoms with Crippen molar-refractivity contribution in [1.82, 2.24) is 5.32 Å². The second-order valence-corrected chi connectivity index (χ2v) is 6.15. The number of hydrogen-bond acceptors (Lipinski definition) is 3. The lowest BCUT2D eigenvalue weighted by molar-refractivity contribution is -0.126. The number of thioether (sulfide) groups is 1. The van der Waals surface area contributed by atoms with Gasteiger partial charge in [-0.3, -0.25) is 9.59 Å². The van der Waals surface area contributed by atoms with E-state index < -0.39 is 0 Å². The lowest BCUT2D eigenvalue weighted by atomic mass is 10.1. The molecule has 1 N–H and O–H groups in total. The van der Waals surface area contributed by atoms with Gasteiger partial charge in [0.2, 0.25) is 11.8 Å². The van der Waals surface area contributed by atoms with Crippen LogP contribution in [0.15, 0.2) is 29.2 Å². The number of nitrogens with zero attached hydrogens (tertiary/aromatic N) is 1. The molecule has 0 radical (unpaired) electrons. The Morgan fingerprint density at radius 1 is 1.45 bits per heavy atom. The molecule has 1 aromatic carbocycles. The zero-order chi connectivity index (χ0) is 14.7. The van der Waals surface area contributed by atoms with Crippen molar-refractivity contribution in [1.29, 1.82) is 0 Å². The van der Waals surface area contributed by atoms with E-state index in [4.69, 9.17) is 0 Å². The van der Waals surface area contributed by atoms with Crippen molar-refractivity contribution in [3.05, 3.63) is 24.3 Å². The van der Waals surface area contributed by atoms with Crippen molar-refractivity contribution in [2.45, 2.75) is 31.2 Å². The predicted molar refractivity (Wildman–Crippen MR) is 82.0 cm³/mol. The molecule has 1 saturated heterocycles. The zero-order valence-corrected chi connectivity index (χ0v) is 12.9. The van der Waals surface area contributed by atoms with Gasteiger partial charge < -0.3 is 10.2 Å². The van der Waals surface area contributed by atoms with E-state index in [1.54, 1.807) is 16.7 Å². The zero-order valence-electron chi connectivity index (χ0n) is 12.1. The van der Waals surface area contributed by atoms with Crippen LogP contribution >= 0.6 is 11.8 Å². The Hall–Kier alpha value is -1.49. The summed E-state index contributed by atoms with van der Waals surface area (Å²) in [5.41, 5.74) is 0.877. The van der Waals surface area contributed by atoms with E-state index in [0.29, 0.717) is 13.0 Å². The summed E-state index contributed by atoms with van der Waals surface area (Å²) in [6.07, 6.45) is 2.30. The van der Waals surface area contributed by atoms with Crippen LogP contribution in [0.3, 0.4) is 0 Å². The summed E-state index contributed by atoms with van der Waals surface area (Å²) >= 11 is 1.64. The smallest absolute Gasteiger partial charge is 0.227 e. The number of nitrogens with one attached hydrogen (secondary N) is 1. The first kappa shape index (κ1) is 14.9. The number of anilines is 1. The van der Waals surface area contributed by atoms with Crippen molar-refractivity contribution in [2.75, 3.05) is 17.7 Å². The van der Waals surface area contributed by atoms with E-state index in [-0.39, 0.29) is 23.8 Å². The Balaban J connectivity index is 2.10. The molecule has 0 aromatic heterocycles. The van der Waals surface area contributed by atoms with Crippen LogP contribution in [0.2, 0.25) is 0 Å². The standard InChI is InChI=1S/C15H20N2O2S/c1-10(2)16-15(19)11-7-14(18)17(9-11)12-5-4-6-13(8-12)20-3/h4-6,8,10-11H,7,9H2,1-3H3,(H,16,19)/t11-/m1/s1. The molecule has 1 heterocycles. The van der Waals surface area contributed by atoms with Gasteiger partial charge in [0.25, 0.3) is 0 Å². The van der Waals surface area contributed by atoms with Gasteiger partial charge in [-0.05, 0) is 38.3 Å². The largest absolute Gasteiger partial charge is 0.354 e. The molecule has 0 unspecified atom stereocenters. The van der Waals surface area contributed by atoms with Gasteiger partial charge in [-0.15, -0.1) is 11.8 Å². The van der Waals surface area contributed by atoms with E-state index in [1.807, 2.05) is 44.4 Å². The number of hydrogen-bond donors (Lipinski definition) is 1. The van der Waals surface area contributed by atoms with Crippen molar-refractivity contribution in [3.8, 4) is 0 Å². The molecule has 108 valence electrons. The molecule has 5 heteroatoms.